The van der Waals surface area contributed by atoms with E-state index in [1.54, 1.807) is 11.3 Å². The van der Waals surface area contributed by atoms with Gasteiger partial charge in [0.05, 0.1) is 12.5 Å². The third-order valence-electron chi connectivity index (χ3n) is 3.48. The molecule has 5 heteroatoms. The maximum Gasteiger partial charge on any atom is 0.304 e. The summed E-state index contributed by atoms with van der Waals surface area (Å²) in [5, 5.41) is 20.8. The maximum absolute atomic E-state index is 10.6. The lowest BCUT2D eigenvalue weighted by molar-refractivity contribution is -0.137. The van der Waals surface area contributed by atoms with E-state index in [2.05, 4.69) is 4.90 Å². The highest BCUT2D eigenvalue weighted by Gasteiger charge is 2.27. The molecule has 0 spiro atoms. The van der Waals surface area contributed by atoms with Crippen molar-refractivity contribution in [1.82, 2.24) is 4.90 Å². The van der Waals surface area contributed by atoms with E-state index in [0.717, 1.165) is 24.3 Å². The second-order valence-electron chi connectivity index (χ2n) is 4.74. The zero-order chi connectivity index (χ0) is 13.0. The van der Waals surface area contributed by atoms with E-state index >= 15 is 0 Å². The molecule has 1 aromatic rings. The average Bonchev–Trinajstić information content (AvgIpc) is 2.97. The topological polar surface area (TPSA) is 60.8 Å². The monoisotopic (exact) mass is 269 g/mol. The molecular weight excluding hydrogens is 250 g/mol. The van der Waals surface area contributed by atoms with E-state index in [1.165, 1.54) is 0 Å². The maximum atomic E-state index is 10.6. The summed E-state index contributed by atoms with van der Waals surface area (Å²) in [7, 11) is 0. The van der Waals surface area contributed by atoms with Gasteiger partial charge >= 0.3 is 5.97 Å². The Morgan fingerprint density at radius 3 is 3.11 bits per heavy atom. The molecule has 0 bridgehead atoms. The molecule has 4 nitrogen and oxygen atoms in total. The van der Waals surface area contributed by atoms with Crippen molar-refractivity contribution >= 4 is 17.3 Å². The van der Waals surface area contributed by atoms with Crippen molar-refractivity contribution in [3.63, 3.8) is 0 Å². The van der Waals surface area contributed by atoms with Gasteiger partial charge in [-0.05, 0) is 37.3 Å². The van der Waals surface area contributed by atoms with E-state index < -0.39 is 12.1 Å². The quantitative estimate of drug-likeness (QED) is 0.830. The summed E-state index contributed by atoms with van der Waals surface area (Å²) in [5.41, 5.74) is 0. The van der Waals surface area contributed by atoms with Crippen LogP contribution in [0.5, 0.6) is 0 Å². The number of aliphatic hydroxyl groups excluding tert-OH is 1. The molecule has 2 unspecified atom stereocenters. The molecule has 1 fully saturated rings. The van der Waals surface area contributed by atoms with Crippen molar-refractivity contribution < 1.29 is 15.0 Å². The van der Waals surface area contributed by atoms with Crippen LogP contribution in [0.2, 0.25) is 0 Å². The highest BCUT2D eigenvalue weighted by molar-refractivity contribution is 7.10. The van der Waals surface area contributed by atoms with Gasteiger partial charge < -0.3 is 10.2 Å². The first kappa shape index (κ1) is 13.5. The average molecular weight is 269 g/mol. The zero-order valence-electron chi connectivity index (χ0n) is 10.3. The molecule has 18 heavy (non-hydrogen) atoms. The molecule has 1 aromatic heterocycles. The Morgan fingerprint density at radius 1 is 1.61 bits per heavy atom. The third kappa shape index (κ3) is 3.54. The van der Waals surface area contributed by atoms with Crippen LogP contribution in [0.4, 0.5) is 0 Å². The number of hydrogen-bond acceptors (Lipinski definition) is 4. The summed E-state index contributed by atoms with van der Waals surface area (Å²) < 4.78 is 0. The summed E-state index contributed by atoms with van der Waals surface area (Å²) >= 11 is 1.57. The molecule has 2 rings (SSSR count). The Bertz CT molecular complexity index is 380. The van der Waals surface area contributed by atoms with Crippen molar-refractivity contribution in [3.8, 4) is 0 Å². The number of likely N-dealkylation sites (tertiary alicyclic amines) is 1. The zero-order valence-corrected chi connectivity index (χ0v) is 11.1. The van der Waals surface area contributed by atoms with Crippen LogP contribution in [0.25, 0.3) is 0 Å². The third-order valence-corrected chi connectivity index (χ3v) is 4.45. The second kappa shape index (κ2) is 6.31. The van der Waals surface area contributed by atoms with Gasteiger partial charge in [-0.25, -0.2) is 0 Å². The minimum absolute atomic E-state index is 0.186. The van der Waals surface area contributed by atoms with Crippen LogP contribution < -0.4 is 0 Å². The lowest BCUT2D eigenvalue weighted by Gasteiger charge is -2.25. The van der Waals surface area contributed by atoms with Crippen molar-refractivity contribution in [2.75, 3.05) is 13.1 Å². The summed E-state index contributed by atoms with van der Waals surface area (Å²) in [5.74, 6) is -0.751. The largest absolute Gasteiger partial charge is 0.481 e. The number of aliphatic hydroxyl groups is 1. The van der Waals surface area contributed by atoms with Gasteiger partial charge in [-0.15, -0.1) is 11.3 Å². The lowest BCUT2D eigenvalue weighted by Crippen LogP contribution is -2.32. The van der Waals surface area contributed by atoms with Crippen LogP contribution in [-0.4, -0.2) is 40.2 Å². The molecular formula is C13H19NO3S. The van der Waals surface area contributed by atoms with E-state index in [4.69, 9.17) is 5.11 Å². The molecule has 0 saturated carbocycles. The summed E-state index contributed by atoms with van der Waals surface area (Å²) in [4.78, 5) is 13.8. The molecule has 0 aromatic carbocycles. The molecule has 0 radical (unpaired) electrons. The number of rotatable bonds is 6. The number of nitrogens with zero attached hydrogens (tertiary/aromatic N) is 1. The van der Waals surface area contributed by atoms with Gasteiger partial charge in [-0.2, -0.15) is 0 Å². The summed E-state index contributed by atoms with van der Waals surface area (Å²) in [6.07, 6.45) is 2.63. The molecule has 0 aliphatic carbocycles. The highest BCUT2D eigenvalue weighted by atomic mass is 32.1. The van der Waals surface area contributed by atoms with Crippen LogP contribution in [0.1, 0.15) is 36.7 Å². The van der Waals surface area contributed by atoms with E-state index in [1.807, 2.05) is 17.5 Å². The Kier molecular flexibility index (Phi) is 4.74. The van der Waals surface area contributed by atoms with Gasteiger partial charge in [0, 0.05) is 17.5 Å². The second-order valence-corrected chi connectivity index (χ2v) is 5.72. The lowest BCUT2D eigenvalue weighted by atomic mass is 10.1. The Hall–Kier alpha value is -0.910. The molecule has 2 N–H and O–H groups in total. The Labute approximate surface area is 111 Å². The predicted molar refractivity (Wildman–Crippen MR) is 70.7 cm³/mol. The first-order chi connectivity index (χ1) is 8.66. The molecule has 1 saturated heterocycles. The number of carbonyl (C=O) groups is 1. The first-order valence-corrected chi connectivity index (χ1v) is 7.22. The predicted octanol–water partition coefficient (Wildman–Crippen LogP) is 2.11. The Morgan fingerprint density at radius 2 is 2.44 bits per heavy atom. The van der Waals surface area contributed by atoms with E-state index in [0.29, 0.717) is 19.0 Å². The van der Waals surface area contributed by atoms with Gasteiger partial charge in [0.2, 0.25) is 0 Å². The van der Waals surface area contributed by atoms with Crippen LogP contribution in [0.3, 0.4) is 0 Å². The fourth-order valence-electron chi connectivity index (χ4n) is 2.55. The van der Waals surface area contributed by atoms with Gasteiger partial charge in [0.15, 0.2) is 0 Å². The normalized spacial score (nSPS) is 22.2. The van der Waals surface area contributed by atoms with Crippen LogP contribution in [-0.2, 0) is 4.79 Å². The van der Waals surface area contributed by atoms with Crippen LogP contribution in [0.15, 0.2) is 17.5 Å². The summed E-state index contributed by atoms with van der Waals surface area (Å²) in [6, 6.07) is 4.22. The smallest absolute Gasteiger partial charge is 0.304 e. The fourth-order valence-corrected chi connectivity index (χ4v) is 3.28. The molecule has 1 aliphatic heterocycles. The Balaban J connectivity index is 1.85. The van der Waals surface area contributed by atoms with E-state index in [-0.39, 0.29) is 6.42 Å². The number of carboxylic acids is 1. The van der Waals surface area contributed by atoms with Gasteiger partial charge in [0.25, 0.3) is 0 Å². The molecule has 100 valence electrons. The number of hydrogen-bond donors (Lipinski definition) is 2. The number of thiophene rings is 1. The van der Waals surface area contributed by atoms with Crippen molar-refractivity contribution in [1.29, 1.82) is 0 Å². The first-order valence-electron chi connectivity index (χ1n) is 6.34. The molecule has 2 atom stereocenters. The number of carboxylic acid groups (broad SMARTS) is 1. The van der Waals surface area contributed by atoms with Crippen molar-refractivity contribution in [2.24, 2.45) is 0 Å². The highest BCUT2D eigenvalue weighted by Crippen LogP contribution is 2.29. The SMILES string of the molecule is O=C(O)CCN1CCCC1CC(O)c1cccs1. The van der Waals surface area contributed by atoms with Crippen LogP contribution >= 0.6 is 11.3 Å². The fraction of sp³-hybridized carbons (Fsp3) is 0.615. The molecule has 0 amide bonds. The minimum atomic E-state index is -0.751. The van der Waals surface area contributed by atoms with Gasteiger partial charge in [-0.3, -0.25) is 9.69 Å². The molecule has 1 aliphatic rings. The molecule has 2 heterocycles. The van der Waals surface area contributed by atoms with E-state index in [9.17, 15) is 9.90 Å². The van der Waals surface area contributed by atoms with Gasteiger partial charge in [-0.1, -0.05) is 6.07 Å². The van der Waals surface area contributed by atoms with Crippen molar-refractivity contribution in [3.05, 3.63) is 22.4 Å². The van der Waals surface area contributed by atoms with Crippen LogP contribution in [0, 0.1) is 0 Å². The van der Waals surface area contributed by atoms with Gasteiger partial charge in [0.1, 0.15) is 0 Å². The number of aliphatic carboxylic acids is 1. The van der Waals surface area contributed by atoms with Crippen molar-refractivity contribution in [2.45, 2.75) is 37.8 Å². The summed E-state index contributed by atoms with van der Waals surface area (Å²) in [6.45, 7) is 1.55. The minimum Gasteiger partial charge on any atom is -0.481 e. The standard InChI is InChI=1S/C13H19NO3S/c15-11(12-4-2-8-18-12)9-10-3-1-6-14(10)7-5-13(16)17/h2,4,8,10-11,15H,1,3,5-7,9H2,(H,16,17).